The number of imidazole rings is 1. The molecule has 4 rings (SSSR count). The highest BCUT2D eigenvalue weighted by Gasteiger charge is 2.27. The summed E-state index contributed by atoms with van der Waals surface area (Å²) in [4.78, 5) is 23.0. The maximum atomic E-state index is 12.3. The number of nitrogens with two attached hydrogens (primary N) is 1. The Morgan fingerprint density at radius 2 is 2.09 bits per heavy atom. The van der Waals surface area contributed by atoms with Crippen molar-refractivity contribution in [2.24, 2.45) is 10.7 Å². The van der Waals surface area contributed by atoms with E-state index in [0.29, 0.717) is 11.3 Å². The molecule has 1 fully saturated rings. The van der Waals surface area contributed by atoms with E-state index in [1.807, 2.05) is 35.8 Å². The van der Waals surface area contributed by atoms with Crippen LogP contribution in [0.5, 0.6) is 0 Å². The van der Waals surface area contributed by atoms with Crippen molar-refractivity contribution in [3.8, 4) is 11.3 Å². The van der Waals surface area contributed by atoms with E-state index in [2.05, 4.69) is 20.2 Å². The molecule has 0 unspecified atom stereocenters. The summed E-state index contributed by atoms with van der Waals surface area (Å²) in [6.07, 6.45) is 2.36. The number of allylic oxidation sites excluding steroid dienone is 1. The number of hydrogen-bond acceptors (Lipinski definition) is 5. The minimum Gasteiger partial charge on any atom is -0.404 e. The van der Waals surface area contributed by atoms with Crippen LogP contribution in [0.3, 0.4) is 0 Å². The number of rotatable bonds is 6. The number of benzene rings is 1. The highest BCUT2D eigenvalue weighted by molar-refractivity contribution is 6.10. The SMILES string of the molecule is CN1CC(N=CC(=CN)c2ccn3c(-c4cccc(NC(=O)NCC(F)(F)F)c4)cnc3c2)C1. The topological polar surface area (TPSA) is 100 Å². The molecule has 2 aromatic heterocycles. The molecule has 34 heavy (non-hydrogen) atoms. The Morgan fingerprint density at radius 1 is 1.29 bits per heavy atom. The van der Waals surface area contributed by atoms with Crippen molar-refractivity contribution >= 4 is 29.2 Å². The van der Waals surface area contributed by atoms with E-state index in [1.54, 1.807) is 35.9 Å². The van der Waals surface area contributed by atoms with Gasteiger partial charge in [-0.2, -0.15) is 13.2 Å². The van der Waals surface area contributed by atoms with Crippen LogP contribution < -0.4 is 16.4 Å². The minimum absolute atomic E-state index is 0.276. The van der Waals surface area contributed by atoms with E-state index < -0.39 is 18.8 Å². The number of pyridine rings is 1. The van der Waals surface area contributed by atoms with Crippen LogP contribution in [-0.4, -0.2) is 65.4 Å². The molecule has 3 heterocycles. The molecule has 0 saturated carbocycles. The van der Waals surface area contributed by atoms with Crippen molar-refractivity contribution in [2.75, 3.05) is 32.0 Å². The lowest BCUT2D eigenvalue weighted by atomic mass is 10.1. The Labute approximate surface area is 194 Å². The van der Waals surface area contributed by atoms with Crippen LogP contribution in [-0.2, 0) is 0 Å². The van der Waals surface area contributed by atoms with Crippen molar-refractivity contribution in [1.82, 2.24) is 19.6 Å². The lowest BCUT2D eigenvalue weighted by Crippen LogP contribution is -2.46. The molecule has 178 valence electrons. The van der Waals surface area contributed by atoms with Gasteiger partial charge in [-0.3, -0.25) is 9.39 Å². The average Bonchev–Trinajstić information content (AvgIpc) is 3.20. The smallest absolute Gasteiger partial charge is 0.404 e. The zero-order valence-corrected chi connectivity index (χ0v) is 18.4. The van der Waals surface area contributed by atoms with E-state index in [4.69, 9.17) is 5.73 Å². The summed E-state index contributed by atoms with van der Waals surface area (Å²) in [5.74, 6) is 0. The van der Waals surface area contributed by atoms with Gasteiger partial charge in [-0.05, 0) is 36.9 Å². The van der Waals surface area contributed by atoms with Crippen molar-refractivity contribution in [3.63, 3.8) is 0 Å². The van der Waals surface area contributed by atoms with Crippen LogP contribution in [0.25, 0.3) is 22.5 Å². The molecule has 1 saturated heterocycles. The zero-order valence-electron chi connectivity index (χ0n) is 18.4. The van der Waals surface area contributed by atoms with Gasteiger partial charge in [0.2, 0.25) is 0 Å². The number of carbonyl (C=O) groups excluding carboxylic acids is 1. The first-order valence-electron chi connectivity index (χ1n) is 10.5. The van der Waals surface area contributed by atoms with E-state index in [-0.39, 0.29) is 6.04 Å². The second-order valence-corrected chi connectivity index (χ2v) is 8.07. The molecule has 1 aromatic carbocycles. The van der Waals surface area contributed by atoms with Crippen LogP contribution in [0, 0.1) is 0 Å². The second kappa shape index (κ2) is 9.56. The molecule has 0 bridgehead atoms. The molecule has 2 amide bonds. The fourth-order valence-corrected chi connectivity index (χ4v) is 3.65. The van der Waals surface area contributed by atoms with E-state index in [1.165, 1.54) is 6.20 Å². The largest absolute Gasteiger partial charge is 0.405 e. The van der Waals surface area contributed by atoms with Crippen LogP contribution >= 0.6 is 0 Å². The fraction of sp³-hybridized carbons (Fsp3) is 0.261. The number of carbonyl (C=O) groups is 1. The van der Waals surface area contributed by atoms with E-state index in [9.17, 15) is 18.0 Å². The first kappa shape index (κ1) is 23.3. The maximum Gasteiger partial charge on any atom is 0.405 e. The molecule has 1 aliphatic rings. The predicted molar refractivity (Wildman–Crippen MR) is 126 cm³/mol. The van der Waals surface area contributed by atoms with Gasteiger partial charge in [-0.15, -0.1) is 0 Å². The first-order chi connectivity index (χ1) is 16.2. The molecule has 1 aliphatic heterocycles. The molecule has 8 nitrogen and oxygen atoms in total. The number of likely N-dealkylation sites (tertiary alicyclic amines) is 1. The van der Waals surface area contributed by atoms with Gasteiger partial charge < -0.3 is 21.3 Å². The number of urea groups is 1. The van der Waals surface area contributed by atoms with Crippen molar-refractivity contribution in [3.05, 3.63) is 60.6 Å². The first-order valence-corrected chi connectivity index (χ1v) is 10.5. The number of aromatic nitrogens is 2. The molecular weight excluding hydrogens is 447 g/mol. The molecule has 0 radical (unpaired) electrons. The van der Waals surface area contributed by atoms with Gasteiger partial charge >= 0.3 is 12.2 Å². The summed E-state index contributed by atoms with van der Waals surface area (Å²) in [5.41, 5.74) is 10.0. The monoisotopic (exact) mass is 471 g/mol. The Balaban J connectivity index is 1.51. The van der Waals surface area contributed by atoms with Gasteiger partial charge in [0.15, 0.2) is 0 Å². The third-order valence-electron chi connectivity index (χ3n) is 5.36. The number of hydrogen-bond donors (Lipinski definition) is 3. The van der Waals surface area contributed by atoms with Crippen molar-refractivity contribution < 1.29 is 18.0 Å². The van der Waals surface area contributed by atoms with Gasteiger partial charge in [0.25, 0.3) is 0 Å². The Kier molecular flexibility index (Phi) is 6.55. The number of anilines is 1. The van der Waals surface area contributed by atoms with Gasteiger partial charge in [0.1, 0.15) is 12.2 Å². The highest BCUT2D eigenvalue weighted by Crippen LogP contribution is 2.25. The Morgan fingerprint density at radius 3 is 2.79 bits per heavy atom. The summed E-state index contributed by atoms with van der Waals surface area (Å²) < 4.78 is 38.8. The quantitative estimate of drug-likeness (QED) is 0.480. The molecule has 0 atom stereocenters. The highest BCUT2D eigenvalue weighted by atomic mass is 19.4. The molecule has 11 heteroatoms. The number of likely N-dealkylation sites (N-methyl/N-ethyl adjacent to an activating group) is 1. The molecule has 0 spiro atoms. The number of alkyl halides is 3. The molecule has 4 N–H and O–H groups in total. The average molecular weight is 471 g/mol. The fourth-order valence-electron chi connectivity index (χ4n) is 3.65. The van der Waals surface area contributed by atoms with Crippen LogP contribution in [0.1, 0.15) is 5.56 Å². The van der Waals surface area contributed by atoms with Gasteiger partial charge in [-0.25, -0.2) is 9.78 Å². The number of nitrogens with zero attached hydrogens (tertiary/aromatic N) is 4. The van der Waals surface area contributed by atoms with Crippen LogP contribution in [0.2, 0.25) is 0 Å². The summed E-state index contributed by atoms with van der Waals surface area (Å²) in [7, 11) is 2.05. The van der Waals surface area contributed by atoms with Gasteiger partial charge in [-0.1, -0.05) is 12.1 Å². The summed E-state index contributed by atoms with van der Waals surface area (Å²) in [6, 6.07) is 9.92. The minimum atomic E-state index is -4.48. The lowest BCUT2D eigenvalue weighted by molar-refractivity contribution is -0.122. The maximum absolute atomic E-state index is 12.3. The Bertz CT molecular complexity index is 1240. The lowest BCUT2D eigenvalue weighted by Gasteiger charge is -2.33. The van der Waals surface area contributed by atoms with E-state index >= 15 is 0 Å². The summed E-state index contributed by atoms with van der Waals surface area (Å²) >= 11 is 0. The Hall–Kier alpha value is -3.86. The molecule has 0 aliphatic carbocycles. The third kappa shape index (κ3) is 5.54. The van der Waals surface area contributed by atoms with Crippen molar-refractivity contribution in [2.45, 2.75) is 12.2 Å². The van der Waals surface area contributed by atoms with Crippen molar-refractivity contribution in [1.29, 1.82) is 0 Å². The number of aliphatic imine (C=N–C) groups is 1. The second-order valence-electron chi connectivity index (χ2n) is 8.07. The summed E-state index contributed by atoms with van der Waals surface area (Å²) in [5, 5.41) is 4.20. The normalized spacial score (nSPS) is 15.6. The molecule has 3 aromatic rings. The van der Waals surface area contributed by atoms with Crippen LogP contribution in [0.15, 0.2) is 60.0 Å². The number of amides is 2. The summed E-state index contributed by atoms with van der Waals surface area (Å²) in [6.45, 7) is 0.444. The third-order valence-corrected chi connectivity index (χ3v) is 5.36. The number of nitrogens with one attached hydrogen (secondary N) is 2. The molecular formula is C23H24F3N7O. The standard InChI is InChI=1S/C23H24F3N7O/c1-32-12-19(13-32)28-10-17(9-27)15-5-6-33-20(11-29-21(33)8-15)16-3-2-4-18(7-16)31-22(34)30-14-23(24,25)26/h2-11,19H,12-14,27H2,1H3,(H2,30,31,34). The van der Waals surface area contributed by atoms with Gasteiger partial charge in [0, 0.05) is 48.5 Å². The number of fused-ring (bicyclic) bond motifs is 1. The number of halogens is 3. The zero-order chi connectivity index (χ0) is 24.3. The predicted octanol–water partition coefficient (Wildman–Crippen LogP) is 3.37. The van der Waals surface area contributed by atoms with Gasteiger partial charge in [0.05, 0.1) is 17.9 Å². The van der Waals surface area contributed by atoms with Crippen LogP contribution in [0.4, 0.5) is 23.7 Å². The van der Waals surface area contributed by atoms with E-state index in [0.717, 1.165) is 35.5 Å².